The van der Waals surface area contributed by atoms with Crippen LogP contribution in [0.4, 0.5) is 5.69 Å². The first kappa shape index (κ1) is 14.2. The summed E-state index contributed by atoms with van der Waals surface area (Å²) in [7, 11) is 2.18. The highest BCUT2D eigenvalue weighted by atomic mass is 32.1. The molecule has 104 valence electrons. The van der Waals surface area contributed by atoms with Gasteiger partial charge in [-0.1, -0.05) is 19.1 Å². The van der Waals surface area contributed by atoms with Crippen LogP contribution < -0.4 is 11.1 Å². The molecule has 0 saturated carbocycles. The fourth-order valence-corrected chi connectivity index (χ4v) is 2.55. The highest BCUT2D eigenvalue weighted by molar-refractivity contribution is 7.80. The van der Waals surface area contributed by atoms with Crippen LogP contribution >= 0.6 is 12.2 Å². The minimum Gasteiger partial charge on any atom is -0.388 e. The van der Waals surface area contributed by atoms with E-state index in [-0.39, 0.29) is 0 Å². The summed E-state index contributed by atoms with van der Waals surface area (Å²) in [6.07, 6.45) is 4.13. The molecule has 0 radical (unpaired) electrons. The molecule has 0 bridgehead atoms. The van der Waals surface area contributed by atoms with E-state index in [2.05, 4.69) is 29.2 Å². The third-order valence-electron chi connectivity index (χ3n) is 3.94. The fraction of sp³-hybridized carbons (Fsp3) is 0.571. The normalized spacial score (nSPS) is 19.1. The predicted octanol–water partition coefficient (Wildman–Crippen LogP) is 1.86. The van der Waals surface area contributed by atoms with E-state index in [1.807, 2.05) is 12.1 Å². The molecule has 3 N–H and O–H groups in total. The Labute approximate surface area is 120 Å². The van der Waals surface area contributed by atoms with Crippen LogP contribution in [0.3, 0.4) is 0 Å². The molecule has 1 saturated heterocycles. The maximum absolute atomic E-state index is 5.70. The van der Waals surface area contributed by atoms with Crippen LogP contribution in [0, 0.1) is 5.41 Å². The molecule has 5 heteroatoms. The Morgan fingerprint density at radius 3 is 2.84 bits per heavy atom. The molecule has 1 fully saturated rings. The highest BCUT2D eigenvalue weighted by Gasteiger charge is 2.28. The molecule has 0 unspecified atom stereocenters. The zero-order valence-electron chi connectivity index (χ0n) is 11.6. The number of pyridine rings is 1. The van der Waals surface area contributed by atoms with Gasteiger partial charge in [-0.15, -0.1) is 0 Å². The summed E-state index contributed by atoms with van der Waals surface area (Å²) < 4.78 is 0. The molecule has 1 aliphatic rings. The number of nitrogens with one attached hydrogen (secondary N) is 1. The lowest BCUT2D eigenvalue weighted by Crippen LogP contribution is -2.40. The number of piperidine rings is 1. The van der Waals surface area contributed by atoms with Gasteiger partial charge in [0.2, 0.25) is 0 Å². The van der Waals surface area contributed by atoms with E-state index in [4.69, 9.17) is 18.0 Å². The SMILES string of the molecule is CN1CCC(C)(CNc2cccnc2C(N)=S)CC1. The van der Waals surface area contributed by atoms with E-state index in [0.717, 1.165) is 25.3 Å². The molecule has 0 aliphatic carbocycles. The summed E-state index contributed by atoms with van der Waals surface area (Å²) in [6, 6.07) is 3.89. The summed E-state index contributed by atoms with van der Waals surface area (Å²) in [5.74, 6) is 0. The molecule has 0 aromatic carbocycles. The van der Waals surface area contributed by atoms with Gasteiger partial charge in [-0.05, 0) is 50.5 Å². The molecule has 0 amide bonds. The lowest BCUT2D eigenvalue weighted by molar-refractivity contribution is 0.150. The van der Waals surface area contributed by atoms with E-state index in [0.29, 0.717) is 16.1 Å². The topological polar surface area (TPSA) is 54.2 Å². The second-order valence-electron chi connectivity index (χ2n) is 5.73. The van der Waals surface area contributed by atoms with E-state index < -0.39 is 0 Å². The molecule has 1 aliphatic heterocycles. The fourth-order valence-electron chi connectivity index (χ4n) is 2.39. The van der Waals surface area contributed by atoms with Crippen LogP contribution in [-0.4, -0.2) is 41.6 Å². The number of aromatic nitrogens is 1. The summed E-state index contributed by atoms with van der Waals surface area (Å²) in [6.45, 7) is 5.59. The monoisotopic (exact) mass is 278 g/mol. The third-order valence-corrected chi connectivity index (χ3v) is 4.13. The standard InChI is InChI=1S/C14H22N4S/c1-14(5-8-18(2)9-6-14)10-17-11-4-3-7-16-12(11)13(15)19/h3-4,7,17H,5-6,8-10H2,1-2H3,(H2,15,19). The Morgan fingerprint density at radius 1 is 1.53 bits per heavy atom. The van der Waals surface area contributed by atoms with Gasteiger partial charge in [-0.2, -0.15) is 0 Å². The largest absolute Gasteiger partial charge is 0.388 e. The van der Waals surface area contributed by atoms with Gasteiger partial charge in [0, 0.05) is 12.7 Å². The molecular weight excluding hydrogens is 256 g/mol. The van der Waals surface area contributed by atoms with Crippen molar-refractivity contribution >= 4 is 22.9 Å². The van der Waals surface area contributed by atoms with Crippen LogP contribution in [-0.2, 0) is 0 Å². The van der Waals surface area contributed by atoms with Gasteiger partial charge in [0.1, 0.15) is 10.7 Å². The number of rotatable bonds is 4. The predicted molar refractivity (Wildman–Crippen MR) is 83.5 cm³/mol. The molecule has 4 nitrogen and oxygen atoms in total. The molecule has 1 aromatic rings. The minimum absolute atomic E-state index is 0.329. The maximum Gasteiger partial charge on any atom is 0.124 e. The van der Waals surface area contributed by atoms with Crippen molar-refractivity contribution in [2.45, 2.75) is 19.8 Å². The van der Waals surface area contributed by atoms with Crippen LogP contribution in [0.2, 0.25) is 0 Å². The molecule has 1 aromatic heterocycles. The Kier molecular flexibility index (Phi) is 4.37. The number of hydrogen-bond acceptors (Lipinski definition) is 4. The lowest BCUT2D eigenvalue weighted by Gasteiger charge is -2.38. The molecule has 2 rings (SSSR count). The molecule has 2 heterocycles. The van der Waals surface area contributed by atoms with Crippen molar-refractivity contribution in [3.63, 3.8) is 0 Å². The van der Waals surface area contributed by atoms with Crippen molar-refractivity contribution in [1.82, 2.24) is 9.88 Å². The molecule has 0 atom stereocenters. The van der Waals surface area contributed by atoms with E-state index >= 15 is 0 Å². The van der Waals surface area contributed by atoms with Crippen molar-refractivity contribution in [3.05, 3.63) is 24.0 Å². The summed E-state index contributed by atoms with van der Waals surface area (Å²) in [5, 5.41) is 3.47. The van der Waals surface area contributed by atoms with Gasteiger partial charge >= 0.3 is 0 Å². The second-order valence-corrected chi connectivity index (χ2v) is 6.17. The molecule has 19 heavy (non-hydrogen) atoms. The zero-order valence-corrected chi connectivity index (χ0v) is 12.5. The van der Waals surface area contributed by atoms with E-state index in [1.54, 1.807) is 6.20 Å². The quantitative estimate of drug-likeness (QED) is 0.823. The van der Waals surface area contributed by atoms with E-state index in [9.17, 15) is 0 Å². The third kappa shape index (κ3) is 3.64. The van der Waals surface area contributed by atoms with Crippen molar-refractivity contribution in [2.24, 2.45) is 11.1 Å². The summed E-state index contributed by atoms with van der Waals surface area (Å²) in [4.78, 5) is 6.97. The van der Waals surface area contributed by atoms with Gasteiger partial charge in [-0.3, -0.25) is 4.98 Å². The molecule has 0 spiro atoms. The van der Waals surface area contributed by atoms with Crippen LogP contribution in [0.5, 0.6) is 0 Å². The maximum atomic E-state index is 5.70. The van der Waals surface area contributed by atoms with Gasteiger partial charge < -0.3 is 16.0 Å². The zero-order chi connectivity index (χ0) is 13.9. The van der Waals surface area contributed by atoms with Crippen molar-refractivity contribution in [2.75, 3.05) is 32.0 Å². The number of anilines is 1. The number of hydrogen-bond donors (Lipinski definition) is 2. The number of thiocarbonyl (C=S) groups is 1. The van der Waals surface area contributed by atoms with Crippen molar-refractivity contribution in [3.8, 4) is 0 Å². The summed E-state index contributed by atoms with van der Waals surface area (Å²) >= 11 is 5.03. The Bertz CT molecular complexity index is 453. The van der Waals surface area contributed by atoms with Crippen molar-refractivity contribution < 1.29 is 0 Å². The Hall–Kier alpha value is -1.20. The Balaban J connectivity index is 2.01. The smallest absolute Gasteiger partial charge is 0.124 e. The highest BCUT2D eigenvalue weighted by Crippen LogP contribution is 2.30. The van der Waals surface area contributed by atoms with Crippen LogP contribution in [0.1, 0.15) is 25.5 Å². The van der Waals surface area contributed by atoms with Crippen molar-refractivity contribution in [1.29, 1.82) is 0 Å². The number of nitrogens with zero attached hydrogens (tertiary/aromatic N) is 2. The van der Waals surface area contributed by atoms with Gasteiger partial charge in [0.25, 0.3) is 0 Å². The first-order valence-electron chi connectivity index (χ1n) is 6.67. The Morgan fingerprint density at radius 2 is 2.21 bits per heavy atom. The van der Waals surface area contributed by atoms with Gasteiger partial charge in [0.15, 0.2) is 0 Å². The number of likely N-dealkylation sites (tertiary alicyclic amines) is 1. The number of nitrogens with two attached hydrogens (primary N) is 1. The van der Waals surface area contributed by atoms with Gasteiger partial charge in [-0.25, -0.2) is 0 Å². The summed E-state index contributed by atoms with van der Waals surface area (Å²) in [5.41, 5.74) is 7.65. The first-order valence-corrected chi connectivity index (χ1v) is 7.08. The van der Waals surface area contributed by atoms with Crippen LogP contribution in [0.25, 0.3) is 0 Å². The lowest BCUT2D eigenvalue weighted by atomic mass is 9.80. The van der Waals surface area contributed by atoms with E-state index in [1.165, 1.54) is 12.8 Å². The molecular formula is C14H22N4S. The van der Waals surface area contributed by atoms with Crippen LogP contribution in [0.15, 0.2) is 18.3 Å². The van der Waals surface area contributed by atoms with Gasteiger partial charge in [0.05, 0.1) is 5.69 Å². The minimum atomic E-state index is 0.329. The average molecular weight is 278 g/mol. The second kappa shape index (κ2) is 5.84. The average Bonchev–Trinajstić information content (AvgIpc) is 2.41. The first-order chi connectivity index (χ1) is 9.00.